The summed E-state index contributed by atoms with van der Waals surface area (Å²) in [5.74, 6) is 0.532. The van der Waals surface area contributed by atoms with Crippen molar-refractivity contribution in [2.45, 2.75) is 0 Å². The molecule has 0 bridgehead atoms. The second kappa shape index (κ2) is 5.78. The maximum absolute atomic E-state index is 10.7. The molecular weight excluding hydrogens is 303 g/mol. The summed E-state index contributed by atoms with van der Waals surface area (Å²) >= 11 is 11.6. The molecule has 20 heavy (non-hydrogen) atoms. The minimum Gasteiger partial charge on any atom is -0.456 e. The van der Waals surface area contributed by atoms with Gasteiger partial charge in [-0.05, 0) is 18.2 Å². The van der Waals surface area contributed by atoms with E-state index in [-0.39, 0.29) is 22.2 Å². The number of rotatable bonds is 3. The van der Waals surface area contributed by atoms with E-state index in [2.05, 4.69) is 0 Å². The zero-order valence-corrected chi connectivity index (χ0v) is 11.4. The Morgan fingerprint density at radius 3 is 2.55 bits per heavy atom. The highest BCUT2D eigenvalue weighted by molar-refractivity contribution is 6.32. The lowest BCUT2D eigenvalue weighted by atomic mass is 10.2. The van der Waals surface area contributed by atoms with Crippen LogP contribution in [0.5, 0.6) is 11.5 Å². The van der Waals surface area contributed by atoms with Gasteiger partial charge < -0.3 is 4.74 Å². The molecule has 0 fully saturated rings. The molecule has 0 saturated carbocycles. The maximum atomic E-state index is 10.7. The Balaban J connectivity index is 2.36. The van der Waals surface area contributed by atoms with Crippen molar-refractivity contribution in [1.82, 2.24) is 0 Å². The van der Waals surface area contributed by atoms with Crippen LogP contribution in [-0.4, -0.2) is 4.92 Å². The standard InChI is InChI=1S/C13H6Cl2N2O3/c14-9-2-1-8(7-16)13(5-9)20-10-3-4-12(17(18)19)11(15)6-10/h1-6H. The Morgan fingerprint density at radius 2 is 1.95 bits per heavy atom. The summed E-state index contributed by atoms with van der Waals surface area (Å²) in [6.07, 6.45) is 0. The number of hydrogen-bond donors (Lipinski definition) is 0. The molecule has 5 nitrogen and oxygen atoms in total. The third kappa shape index (κ3) is 2.99. The first-order valence-corrected chi connectivity index (χ1v) is 6.08. The van der Waals surface area contributed by atoms with Gasteiger partial charge in [0.15, 0.2) is 0 Å². The molecule has 2 aromatic rings. The molecule has 0 heterocycles. The summed E-state index contributed by atoms with van der Waals surface area (Å²) < 4.78 is 5.48. The van der Waals surface area contributed by atoms with Crippen molar-refractivity contribution in [3.05, 3.63) is 62.1 Å². The zero-order valence-electron chi connectivity index (χ0n) is 9.84. The van der Waals surface area contributed by atoms with E-state index in [9.17, 15) is 10.1 Å². The van der Waals surface area contributed by atoms with E-state index in [1.807, 2.05) is 6.07 Å². The topological polar surface area (TPSA) is 76.2 Å². The van der Waals surface area contributed by atoms with Crippen LogP contribution in [0, 0.1) is 21.4 Å². The van der Waals surface area contributed by atoms with Gasteiger partial charge in [0.2, 0.25) is 0 Å². The van der Waals surface area contributed by atoms with Crippen LogP contribution in [0.25, 0.3) is 0 Å². The molecule has 0 spiro atoms. The summed E-state index contributed by atoms with van der Waals surface area (Å²) in [6, 6.07) is 10.5. The SMILES string of the molecule is N#Cc1ccc(Cl)cc1Oc1ccc([N+](=O)[O-])c(Cl)c1. The van der Waals surface area contributed by atoms with Gasteiger partial charge >= 0.3 is 0 Å². The number of nitro groups is 1. The van der Waals surface area contributed by atoms with E-state index in [1.165, 1.54) is 30.3 Å². The van der Waals surface area contributed by atoms with Crippen LogP contribution in [0.4, 0.5) is 5.69 Å². The van der Waals surface area contributed by atoms with Gasteiger partial charge in [0.05, 0.1) is 10.5 Å². The summed E-state index contributed by atoms with van der Waals surface area (Å²) in [5.41, 5.74) is 0.0782. The van der Waals surface area contributed by atoms with Crippen LogP contribution >= 0.6 is 23.2 Å². The minimum absolute atomic E-state index is 0.0481. The van der Waals surface area contributed by atoms with Crippen LogP contribution in [0.15, 0.2) is 36.4 Å². The first-order valence-electron chi connectivity index (χ1n) is 5.32. The molecule has 0 aliphatic heterocycles. The van der Waals surface area contributed by atoms with Crippen LogP contribution in [0.2, 0.25) is 10.0 Å². The molecule has 100 valence electrons. The highest BCUT2D eigenvalue weighted by Crippen LogP contribution is 2.33. The summed E-state index contributed by atoms with van der Waals surface area (Å²) in [5, 5.41) is 20.0. The molecule has 7 heteroatoms. The van der Waals surface area contributed by atoms with E-state index in [4.69, 9.17) is 33.2 Å². The Kier molecular flexibility index (Phi) is 4.08. The van der Waals surface area contributed by atoms with Gasteiger partial charge in [-0.15, -0.1) is 0 Å². The molecule has 0 radical (unpaired) electrons. The molecule has 0 aliphatic rings. The summed E-state index contributed by atoms with van der Waals surface area (Å²) in [7, 11) is 0. The summed E-state index contributed by atoms with van der Waals surface area (Å²) in [4.78, 5) is 10.1. The average Bonchev–Trinajstić information content (AvgIpc) is 2.38. The van der Waals surface area contributed by atoms with Crippen molar-refractivity contribution in [2.24, 2.45) is 0 Å². The third-order valence-corrected chi connectivity index (χ3v) is 2.95. The van der Waals surface area contributed by atoms with E-state index in [0.717, 1.165) is 0 Å². The van der Waals surface area contributed by atoms with Gasteiger partial charge in [-0.2, -0.15) is 5.26 Å². The number of nitrogens with zero attached hydrogens (tertiary/aromatic N) is 2. The maximum Gasteiger partial charge on any atom is 0.288 e. The highest BCUT2D eigenvalue weighted by atomic mass is 35.5. The lowest BCUT2D eigenvalue weighted by Crippen LogP contribution is -1.91. The molecule has 0 saturated heterocycles. The van der Waals surface area contributed by atoms with E-state index >= 15 is 0 Å². The molecule has 2 rings (SSSR count). The minimum atomic E-state index is -0.591. The third-order valence-electron chi connectivity index (χ3n) is 2.41. The van der Waals surface area contributed by atoms with E-state index in [0.29, 0.717) is 10.6 Å². The van der Waals surface area contributed by atoms with Crippen molar-refractivity contribution in [2.75, 3.05) is 0 Å². The fourth-order valence-corrected chi connectivity index (χ4v) is 1.90. The fraction of sp³-hybridized carbons (Fsp3) is 0. The zero-order chi connectivity index (χ0) is 14.7. The predicted molar refractivity (Wildman–Crippen MR) is 74.3 cm³/mol. The van der Waals surface area contributed by atoms with Crippen LogP contribution in [0.1, 0.15) is 5.56 Å². The Bertz CT molecular complexity index is 726. The van der Waals surface area contributed by atoms with E-state index in [1.54, 1.807) is 6.07 Å². The first-order chi connectivity index (χ1) is 9.51. The van der Waals surface area contributed by atoms with Gasteiger partial charge in [-0.3, -0.25) is 10.1 Å². The fourth-order valence-electron chi connectivity index (χ4n) is 1.50. The number of benzene rings is 2. The number of nitro benzene ring substituents is 1. The van der Waals surface area contributed by atoms with Crippen molar-refractivity contribution < 1.29 is 9.66 Å². The first kappa shape index (κ1) is 14.1. The predicted octanol–water partition coefficient (Wildman–Crippen LogP) is 4.57. The van der Waals surface area contributed by atoms with Gasteiger partial charge in [0, 0.05) is 23.2 Å². The second-order valence-electron chi connectivity index (χ2n) is 3.72. The van der Waals surface area contributed by atoms with Crippen molar-refractivity contribution in [3.63, 3.8) is 0 Å². The molecule has 0 aromatic heterocycles. The van der Waals surface area contributed by atoms with E-state index < -0.39 is 4.92 Å². The van der Waals surface area contributed by atoms with Gasteiger partial charge in [-0.1, -0.05) is 23.2 Å². The van der Waals surface area contributed by atoms with Gasteiger partial charge in [0.25, 0.3) is 5.69 Å². The van der Waals surface area contributed by atoms with Gasteiger partial charge in [-0.25, -0.2) is 0 Å². The van der Waals surface area contributed by atoms with Crippen molar-refractivity contribution in [3.8, 4) is 17.6 Å². The number of nitriles is 1. The van der Waals surface area contributed by atoms with Crippen LogP contribution in [0.3, 0.4) is 0 Å². The molecule has 2 aromatic carbocycles. The molecule has 0 N–H and O–H groups in total. The van der Waals surface area contributed by atoms with Crippen molar-refractivity contribution >= 4 is 28.9 Å². The average molecular weight is 309 g/mol. The normalized spacial score (nSPS) is 9.85. The molecule has 0 amide bonds. The molecule has 0 unspecified atom stereocenters. The smallest absolute Gasteiger partial charge is 0.288 e. The summed E-state index contributed by atoms with van der Waals surface area (Å²) in [6.45, 7) is 0. The van der Waals surface area contributed by atoms with Crippen LogP contribution in [-0.2, 0) is 0 Å². The lowest BCUT2D eigenvalue weighted by molar-refractivity contribution is -0.384. The quantitative estimate of drug-likeness (QED) is 0.615. The number of hydrogen-bond acceptors (Lipinski definition) is 4. The largest absolute Gasteiger partial charge is 0.456 e. The second-order valence-corrected chi connectivity index (χ2v) is 4.57. The Labute approximate surface area is 124 Å². The molecular formula is C13H6Cl2N2O3. The number of halogens is 2. The Morgan fingerprint density at radius 1 is 1.20 bits per heavy atom. The monoisotopic (exact) mass is 308 g/mol. The highest BCUT2D eigenvalue weighted by Gasteiger charge is 2.14. The molecule has 0 aliphatic carbocycles. The van der Waals surface area contributed by atoms with Gasteiger partial charge in [0.1, 0.15) is 22.6 Å². The number of ether oxygens (including phenoxy) is 1. The van der Waals surface area contributed by atoms with Crippen molar-refractivity contribution in [1.29, 1.82) is 5.26 Å². The van der Waals surface area contributed by atoms with Crippen LogP contribution < -0.4 is 4.74 Å². The lowest BCUT2D eigenvalue weighted by Gasteiger charge is -2.08. The Hall–Kier alpha value is -2.29. The molecule has 0 atom stereocenters.